The van der Waals surface area contributed by atoms with E-state index in [9.17, 15) is 14.7 Å². The molecule has 3 rings (SSSR count). The number of carbonyl (C=O) groups is 2. The molecule has 0 bridgehead atoms. The molecule has 0 aliphatic carbocycles. The number of hydrogen-bond acceptors (Lipinski definition) is 6. The van der Waals surface area contributed by atoms with Crippen LogP contribution in [0.15, 0.2) is 42.5 Å². The summed E-state index contributed by atoms with van der Waals surface area (Å²) in [6, 6.07) is 12.0. The number of rotatable bonds is 7. The summed E-state index contributed by atoms with van der Waals surface area (Å²) in [5.74, 6) is -1.70. The fraction of sp³-hybridized carbons (Fsp3) is 0.143. The lowest BCUT2D eigenvalue weighted by atomic mass is 10.1. The van der Waals surface area contributed by atoms with E-state index in [0.29, 0.717) is 21.8 Å². The van der Waals surface area contributed by atoms with Crippen molar-refractivity contribution in [3.8, 4) is 16.2 Å². The first-order chi connectivity index (χ1) is 14.3. The van der Waals surface area contributed by atoms with Crippen LogP contribution in [0.1, 0.15) is 37.0 Å². The molecule has 8 nitrogen and oxygen atoms in total. The van der Waals surface area contributed by atoms with E-state index in [-0.39, 0.29) is 23.8 Å². The normalized spacial score (nSPS) is 10.5. The van der Waals surface area contributed by atoms with Gasteiger partial charge in [0.05, 0.1) is 0 Å². The Labute approximate surface area is 176 Å². The molecule has 9 heteroatoms. The molecule has 2 heterocycles. The van der Waals surface area contributed by atoms with Gasteiger partial charge in [0.15, 0.2) is 10.8 Å². The number of benzene rings is 1. The maximum absolute atomic E-state index is 11.8. The average molecular weight is 424 g/mol. The Balaban J connectivity index is 1.92. The number of nitrogens with zero attached hydrogens (tertiary/aromatic N) is 1. The first-order valence-electron chi connectivity index (χ1n) is 8.93. The molecular weight excluding hydrogens is 404 g/mol. The molecule has 0 saturated carbocycles. The second-order valence-corrected chi connectivity index (χ2v) is 7.65. The van der Waals surface area contributed by atoms with Crippen LogP contribution in [0.4, 0.5) is 0 Å². The summed E-state index contributed by atoms with van der Waals surface area (Å²) >= 11 is 1.40. The van der Waals surface area contributed by atoms with Gasteiger partial charge >= 0.3 is 5.97 Å². The number of nitrogens with one attached hydrogen (secondary N) is 2. The van der Waals surface area contributed by atoms with Crippen LogP contribution < -0.4 is 15.8 Å². The summed E-state index contributed by atoms with van der Waals surface area (Å²) in [6.45, 7) is 2.16. The van der Waals surface area contributed by atoms with Crippen LogP contribution in [0.3, 0.4) is 0 Å². The van der Waals surface area contributed by atoms with Crippen molar-refractivity contribution in [3.63, 3.8) is 0 Å². The van der Waals surface area contributed by atoms with E-state index in [2.05, 4.69) is 10.3 Å². The number of amidine groups is 1. The number of hydrogen-bond donors (Lipinski definition) is 4. The molecule has 0 fully saturated rings. The number of carbonyl (C=O) groups excluding carboxylic acids is 1. The van der Waals surface area contributed by atoms with Crippen molar-refractivity contribution >= 4 is 29.0 Å². The number of ether oxygens (including phenoxy) is 1. The average Bonchev–Trinajstić information content (AvgIpc) is 3.11. The quantitative estimate of drug-likeness (QED) is 0.340. The lowest BCUT2D eigenvalue weighted by Crippen LogP contribution is -2.20. The lowest BCUT2D eigenvalue weighted by molar-refractivity contribution is 0.0691. The number of pyridine rings is 1. The Morgan fingerprint density at radius 3 is 2.50 bits per heavy atom. The van der Waals surface area contributed by atoms with Crippen molar-refractivity contribution in [3.05, 3.63) is 69.9 Å². The minimum absolute atomic E-state index is 0.00691. The van der Waals surface area contributed by atoms with E-state index < -0.39 is 11.9 Å². The van der Waals surface area contributed by atoms with E-state index in [0.717, 1.165) is 10.4 Å². The van der Waals surface area contributed by atoms with E-state index in [4.69, 9.17) is 15.9 Å². The highest BCUT2D eigenvalue weighted by molar-refractivity contribution is 7.14. The Morgan fingerprint density at radius 2 is 1.90 bits per heavy atom. The molecule has 5 N–H and O–H groups in total. The van der Waals surface area contributed by atoms with Gasteiger partial charge in [0, 0.05) is 28.6 Å². The van der Waals surface area contributed by atoms with Gasteiger partial charge in [-0.15, -0.1) is 11.3 Å². The predicted octanol–water partition coefficient (Wildman–Crippen LogP) is 3.04. The van der Waals surface area contributed by atoms with Gasteiger partial charge in [-0.2, -0.15) is 0 Å². The Morgan fingerprint density at radius 1 is 1.20 bits per heavy atom. The summed E-state index contributed by atoms with van der Waals surface area (Å²) in [5.41, 5.74) is 7.76. The highest BCUT2D eigenvalue weighted by Crippen LogP contribution is 2.39. The van der Waals surface area contributed by atoms with Gasteiger partial charge in [-0.05, 0) is 30.7 Å². The number of nitrogens with two attached hydrogens (primary N) is 1. The molecule has 0 atom stereocenters. The fourth-order valence-electron chi connectivity index (χ4n) is 2.81. The first-order valence-corrected chi connectivity index (χ1v) is 9.75. The maximum Gasteiger partial charge on any atom is 0.355 e. The standard InChI is InChI=1S/C21H20N4O4S/c1-11-9-15(14-7-8-16(19(26)24-2)25-17(14)20(27)28)21(30-11)29-10-12-3-5-13(6-4-12)18(22)23/h3-9H,10H2,1-2H3,(H3,22,23)(H,24,26)(H,27,28). The van der Waals surface area contributed by atoms with Gasteiger partial charge in [-0.25, -0.2) is 9.78 Å². The van der Waals surface area contributed by atoms with E-state index in [1.807, 2.05) is 25.1 Å². The van der Waals surface area contributed by atoms with Crippen molar-refractivity contribution < 1.29 is 19.4 Å². The third-order valence-corrected chi connectivity index (χ3v) is 5.27. The van der Waals surface area contributed by atoms with Gasteiger partial charge < -0.3 is 20.9 Å². The monoisotopic (exact) mass is 424 g/mol. The Bertz CT molecular complexity index is 1120. The number of thiophene rings is 1. The van der Waals surface area contributed by atoms with Gasteiger partial charge in [0.2, 0.25) is 0 Å². The number of aryl methyl sites for hydroxylation is 1. The van der Waals surface area contributed by atoms with Crippen molar-refractivity contribution in [2.24, 2.45) is 5.73 Å². The minimum atomic E-state index is -1.23. The van der Waals surface area contributed by atoms with E-state index in [1.165, 1.54) is 24.5 Å². The first kappa shape index (κ1) is 21.0. The van der Waals surface area contributed by atoms with Gasteiger partial charge in [0.25, 0.3) is 5.91 Å². The largest absolute Gasteiger partial charge is 0.479 e. The highest BCUT2D eigenvalue weighted by atomic mass is 32.1. The Hall–Kier alpha value is -3.72. The molecule has 2 aromatic heterocycles. The molecule has 0 spiro atoms. The lowest BCUT2D eigenvalue weighted by Gasteiger charge is -2.10. The second kappa shape index (κ2) is 8.75. The van der Waals surface area contributed by atoms with Gasteiger partial charge in [-0.3, -0.25) is 10.2 Å². The molecule has 0 unspecified atom stereocenters. The summed E-state index contributed by atoms with van der Waals surface area (Å²) in [4.78, 5) is 28.6. The van der Waals surface area contributed by atoms with Gasteiger partial charge in [0.1, 0.15) is 18.1 Å². The van der Waals surface area contributed by atoms with Crippen LogP contribution in [-0.2, 0) is 6.61 Å². The number of carboxylic acids is 1. The molecule has 0 aliphatic rings. The fourth-order valence-corrected chi connectivity index (χ4v) is 3.68. The van der Waals surface area contributed by atoms with Crippen LogP contribution in [0.2, 0.25) is 0 Å². The third kappa shape index (κ3) is 4.47. The van der Waals surface area contributed by atoms with Crippen molar-refractivity contribution in [2.45, 2.75) is 13.5 Å². The topological polar surface area (TPSA) is 138 Å². The van der Waals surface area contributed by atoms with Gasteiger partial charge in [-0.1, -0.05) is 24.3 Å². The van der Waals surface area contributed by atoms with Crippen LogP contribution in [0.25, 0.3) is 11.1 Å². The summed E-state index contributed by atoms with van der Waals surface area (Å²) < 4.78 is 5.97. The summed E-state index contributed by atoms with van der Waals surface area (Å²) in [5, 5.41) is 20.1. The number of nitrogen functional groups attached to an aromatic ring is 1. The minimum Gasteiger partial charge on any atom is -0.479 e. The highest BCUT2D eigenvalue weighted by Gasteiger charge is 2.21. The van der Waals surface area contributed by atoms with E-state index in [1.54, 1.807) is 18.2 Å². The molecule has 154 valence electrons. The SMILES string of the molecule is CNC(=O)c1ccc(-c2cc(C)sc2OCc2ccc(C(=N)N)cc2)c(C(=O)O)n1. The molecular formula is C21H20N4O4S. The molecule has 0 aliphatic heterocycles. The smallest absolute Gasteiger partial charge is 0.355 e. The molecule has 1 aromatic carbocycles. The van der Waals surface area contributed by atoms with Crippen LogP contribution in [-0.4, -0.2) is 34.9 Å². The zero-order valence-electron chi connectivity index (χ0n) is 16.4. The van der Waals surface area contributed by atoms with Crippen molar-refractivity contribution in [1.82, 2.24) is 10.3 Å². The number of aromatic nitrogens is 1. The maximum atomic E-state index is 11.8. The van der Waals surface area contributed by atoms with Crippen molar-refractivity contribution in [1.29, 1.82) is 5.41 Å². The molecule has 0 radical (unpaired) electrons. The van der Waals surface area contributed by atoms with E-state index >= 15 is 0 Å². The Kier molecular flexibility index (Phi) is 6.12. The number of aromatic carboxylic acids is 1. The van der Waals surface area contributed by atoms with Crippen molar-refractivity contribution in [2.75, 3.05) is 7.05 Å². The van der Waals surface area contributed by atoms with Crippen LogP contribution in [0.5, 0.6) is 5.06 Å². The second-order valence-electron chi connectivity index (χ2n) is 6.43. The third-order valence-electron chi connectivity index (χ3n) is 4.30. The molecule has 3 aromatic rings. The molecule has 30 heavy (non-hydrogen) atoms. The van der Waals surface area contributed by atoms with Crippen LogP contribution in [0, 0.1) is 12.3 Å². The zero-order chi connectivity index (χ0) is 21.8. The molecule has 0 saturated heterocycles. The number of carboxylic acid groups (broad SMARTS) is 1. The predicted molar refractivity (Wildman–Crippen MR) is 114 cm³/mol. The zero-order valence-corrected chi connectivity index (χ0v) is 17.2. The van der Waals surface area contributed by atoms with Crippen LogP contribution >= 0.6 is 11.3 Å². The summed E-state index contributed by atoms with van der Waals surface area (Å²) in [7, 11) is 1.45. The molecule has 1 amide bonds. The summed E-state index contributed by atoms with van der Waals surface area (Å²) in [6.07, 6.45) is 0. The number of amides is 1.